The molecule has 0 aliphatic heterocycles. The van der Waals surface area contributed by atoms with E-state index < -0.39 is 0 Å². The monoisotopic (exact) mass is 226 g/mol. The highest BCUT2D eigenvalue weighted by Gasteiger charge is 2.12. The maximum absolute atomic E-state index is 12.3. The molecule has 0 N–H and O–H groups in total. The summed E-state index contributed by atoms with van der Waals surface area (Å²) in [6, 6.07) is 5.42. The minimum absolute atomic E-state index is 0.0109. The molecular weight excluding hydrogens is 212 g/mol. The zero-order valence-corrected chi connectivity index (χ0v) is 9.97. The topological polar surface area (TPSA) is 42.9 Å². The molecule has 0 amide bonds. The van der Waals surface area contributed by atoms with Crippen molar-refractivity contribution in [2.24, 2.45) is 0 Å². The van der Waals surface area contributed by atoms with Gasteiger partial charge in [0.2, 0.25) is 0 Å². The summed E-state index contributed by atoms with van der Waals surface area (Å²) >= 11 is 0. The molecule has 86 valence electrons. The minimum atomic E-state index is 0.0109. The molecule has 0 spiro atoms. The molecule has 0 saturated heterocycles. The largest absolute Gasteiger partial charge is 0.289 e. The Morgan fingerprint density at radius 1 is 1.24 bits per heavy atom. The van der Waals surface area contributed by atoms with Crippen LogP contribution in [0.2, 0.25) is 0 Å². The Kier molecular flexibility index (Phi) is 3.28. The third kappa shape index (κ3) is 2.38. The standard InChI is InChI=1S/C14H14N2O/c1-3-11-8-15-7-6-13(11)14(17)12-5-4-10(2)16-9-12/h4-9H,3H2,1-2H3. The van der Waals surface area contributed by atoms with Crippen molar-refractivity contribution in [3.8, 4) is 0 Å². The van der Waals surface area contributed by atoms with Gasteiger partial charge in [-0.1, -0.05) is 6.92 Å². The van der Waals surface area contributed by atoms with Crippen molar-refractivity contribution < 1.29 is 4.79 Å². The Morgan fingerprint density at radius 3 is 2.71 bits per heavy atom. The highest BCUT2D eigenvalue weighted by molar-refractivity contribution is 6.09. The van der Waals surface area contributed by atoms with E-state index in [2.05, 4.69) is 9.97 Å². The molecule has 0 bridgehead atoms. The van der Waals surface area contributed by atoms with E-state index in [1.54, 1.807) is 24.7 Å². The van der Waals surface area contributed by atoms with Gasteiger partial charge in [-0.05, 0) is 37.1 Å². The van der Waals surface area contributed by atoms with E-state index in [0.29, 0.717) is 11.1 Å². The van der Waals surface area contributed by atoms with E-state index in [4.69, 9.17) is 0 Å². The lowest BCUT2D eigenvalue weighted by atomic mass is 10.00. The summed E-state index contributed by atoms with van der Waals surface area (Å²) in [5, 5.41) is 0. The summed E-state index contributed by atoms with van der Waals surface area (Å²) in [4.78, 5) is 20.5. The van der Waals surface area contributed by atoms with E-state index in [9.17, 15) is 4.79 Å². The summed E-state index contributed by atoms with van der Waals surface area (Å²) in [6.07, 6.45) is 5.81. The Balaban J connectivity index is 2.40. The van der Waals surface area contributed by atoms with E-state index in [-0.39, 0.29) is 5.78 Å². The zero-order chi connectivity index (χ0) is 12.3. The number of aryl methyl sites for hydroxylation is 2. The average molecular weight is 226 g/mol. The van der Waals surface area contributed by atoms with Crippen molar-refractivity contribution in [3.63, 3.8) is 0 Å². The van der Waals surface area contributed by atoms with Crippen LogP contribution in [0.4, 0.5) is 0 Å². The normalized spacial score (nSPS) is 10.2. The molecule has 0 atom stereocenters. The number of nitrogens with zero attached hydrogens (tertiary/aromatic N) is 2. The Morgan fingerprint density at radius 2 is 2.06 bits per heavy atom. The van der Waals surface area contributed by atoms with Crippen LogP contribution in [0.25, 0.3) is 0 Å². The third-order valence-corrected chi connectivity index (χ3v) is 2.70. The second kappa shape index (κ2) is 4.87. The first-order chi connectivity index (χ1) is 8.22. The molecule has 0 aliphatic carbocycles. The fourth-order valence-electron chi connectivity index (χ4n) is 1.69. The van der Waals surface area contributed by atoms with Crippen LogP contribution in [0.15, 0.2) is 36.8 Å². The first-order valence-corrected chi connectivity index (χ1v) is 5.62. The van der Waals surface area contributed by atoms with Crippen LogP contribution in [-0.2, 0) is 6.42 Å². The Hall–Kier alpha value is -2.03. The number of ketones is 1. The van der Waals surface area contributed by atoms with Gasteiger partial charge in [0.15, 0.2) is 5.78 Å². The molecule has 2 aromatic rings. The molecule has 0 radical (unpaired) electrons. The predicted molar refractivity (Wildman–Crippen MR) is 66.0 cm³/mol. The first kappa shape index (κ1) is 11.5. The number of carbonyl (C=O) groups is 1. The maximum Gasteiger partial charge on any atom is 0.194 e. The Bertz CT molecular complexity index is 532. The van der Waals surface area contributed by atoms with Gasteiger partial charge in [-0.2, -0.15) is 0 Å². The first-order valence-electron chi connectivity index (χ1n) is 5.62. The van der Waals surface area contributed by atoms with Crippen LogP contribution in [0, 0.1) is 6.92 Å². The number of pyridine rings is 2. The van der Waals surface area contributed by atoms with Crippen LogP contribution >= 0.6 is 0 Å². The molecule has 3 heteroatoms. The van der Waals surface area contributed by atoms with Crippen LogP contribution in [-0.4, -0.2) is 15.8 Å². The van der Waals surface area contributed by atoms with Crippen LogP contribution in [0.1, 0.15) is 34.1 Å². The highest BCUT2D eigenvalue weighted by atomic mass is 16.1. The SMILES string of the molecule is CCc1cnccc1C(=O)c1ccc(C)nc1. The van der Waals surface area contributed by atoms with Crippen molar-refractivity contribution in [2.75, 3.05) is 0 Å². The summed E-state index contributed by atoms with van der Waals surface area (Å²) < 4.78 is 0. The lowest BCUT2D eigenvalue weighted by Gasteiger charge is -2.05. The smallest absolute Gasteiger partial charge is 0.194 e. The van der Waals surface area contributed by atoms with E-state index >= 15 is 0 Å². The second-order valence-corrected chi connectivity index (χ2v) is 3.90. The fraction of sp³-hybridized carbons (Fsp3) is 0.214. The van der Waals surface area contributed by atoms with Gasteiger partial charge in [-0.25, -0.2) is 0 Å². The summed E-state index contributed by atoms with van der Waals surface area (Å²) in [7, 11) is 0. The minimum Gasteiger partial charge on any atom is -0.289 e. The van der Waals surface area contributed by atoms with Crippen molar-refractivity contribution in [2.45, 2.75) is 20.3 Å². The van der Waals surface area contributed by atoms with Gasteiger partial charge in [0.05, 0.1) is 0 Å². The van der Waals surface area contributed by atoms with E-state index in [1.807, 2.05) is 26.0 Å². The summed E-state index contributed by atoms with van der Waals surface area (Å²) in [6.45, 7) is 3.92. The van der Waals surface area contributed by atoms with Gasteiger partial charge in [-0.3, -0.25) is 14.8 Å². The number of carbonyl (C=O) groups excluding carboxylic acids is 1. The van der Waals surface area contributed by atoms with Crippen molar-refractivity contribution in [1.82, 2.24) is 9.97 Å². The molecule has 0 unspecified atom stereocenters. The Labute approximate surface area is 101 Å². The van der Waals surface area contributed by atoms with Gasteiger partial charge in [-0.15, -0.1) is 0 Å². The van der Waals surface area contributed by atoms with Crippen molar-refractivity contribution in [1.29, 1.82) is 0 Å². The molecule has 0 fully saturated rings. The molecule has 0 aromatic carbocycles. The second-order valence-electron chi connectivity index (χ2n) is 3.90. The van der Waals surface area contributed by atoms with Crippen LogP contribution in [0.5, 0.6) is 0 Å². The molecule has 0 saturated carbocycles. The van der Waals surface area contributed by atoms with E-state index in [1.165, 1.54) is 0 Å². The number of hydrogen-bond donors (Lipinski definition) is 0. The summed E-state index contributed by atoms with van der Waals surface area (Å²) in [5.41, 5.74) is 3.22. The maximum atomic E-state index is 12.3. The van der Waals surface area contributed by atoms with Gasteiger partial charge in [0, 0.05) is 35.4 Å². The lowest BCUT2D eigenvalue weighted by Crippen LogP contribution is -2.06. The van der Waals surface area contributed by atoms with Gasteiger partial charge in [0.1, 0.15) is 0 Å². The molecule has 2 rings (SSSR count). The number of rotatable bonds is 3. The molecule has 2 heterocycles. The molecule has 17 heavy (non-hydrogen) atoms. The fourth-order valence-corrected chi connectivity index (χ4v) is 1.69. The van der Waals surface area contributed by atoms with Gasteiger partial charge in [0.25, 0.3) is 0 Å². The molecule has 0 aliphatic rings. The molecule has 2 aromatic heterocycles. The van der Waals surface area contributed by atoms with Crippen molar-refractivity contribution in [3.05, 3.63) is 59.2 Å². The predicted octanol–water partition coefficient (Wildman–Crippen LogP) is 2.58. The van der Waals surface area contributed by atoms with Gasteiger partial charge >= 0.3 is 0 Å². The average Bonchev–Trinajstić information content (AvgIpc) is 2.39. The van der Waals surface area contributed by atoms with Crippen molar-refractivity contribution >= 4 is 5.78 Å². The molecule has 3 nitrogen and oxygen atoms in total. The third-order valence-electron chi connectivity index (χ3n) is 2.70. The van der Waals surface area contributed by atoms with E-state index in [0.717, 1.165) is 17.7 Å². The van der Waals surface area contributed by atoms with Crippen LogP contribution < -0.4 is 0 Å². The van der Waals surface area contributed by atoms with Crippen LogP contribution in [0.3, 0.4) is 0 Å². The lowest BCUT2D eigenvalue weighted by molar-refractivity contribution is 0.103. The molecular formula is C14H14N2O. The number of aromatic nitrogens is 2. The van der Waals surface area contributed by atoms with Gasteiger partial charge < -0.3 is 0 Å². The zero-order valence-electron chi connectivity index (χ0n) is 9.97. The quantitative estimate of drug-likeness (QED) is 0.755. The number of hydrogen-bond acceptors (Lipinski definition) is 3. The summed E-state index contributed by atoms with van der Waals surface area (Å²) in [5.74, 6) is 0.0109. The highest BCUT2D eigenvalue weighted by Crippen LogP contribution is 2.13.